The molecule has 0 fully saturated rings. The van der Waals surface area contributed by atoms with E-state index in [1.54, 1.807) is 18.2 Å². The van der Waals surface area contributed by atoms with Gasteiger partial charge in [-0.25, -0.2) is 9.37 Å². The van der Waals surface area contributed by atoms with Crippen LogP contribution in [0.3, 0.4) is 0 Å². The molecule has 0 saturated carbocycles. The molecule has 1 N–H and O–H groups in total. The minimum absolute atomic E-state index is 0.147. The van der Waals surface area contributed by atoms with Gasteiger partial charge >= 0.3 is 0 Å². The first kappa shape index (κ1) is 11.1. The van der Waals surface area contributed by atoms with Crippen LogP contribution >= 0.6 is 22.9 Å². The standard InChI is InChI=1S/C12H10ClFN2S/c13-8-3-1-2-7(11(8)14)12-16-9-4-5-15-6-10(9)17-12/h1-3,15H,4-6H2. The monoisotopic (exact) mass is 268 g/mol. The predicted octanol–water partition coefficient (Wildman–Crippen LogP) is 3.25. The zero-order chi connectivity index (χ0) is 11.8. The van der Waals surface area contributed by atoms with Crippen LogP contribution in [0, 0.1) is 5.82 Å². The number of rotatable bonds is 1. The fourth-order valence-corrected chi connectivity index (χ4v) is 3.18. The number of halogens is 2. The van der Waals surface area contributed by atoms with Crippen LogP contribution in [0.25, 0.3) is 10.6 Å². The molecule has 0 bridgehead atoms. The third-order valence-electron chi connectivity index (χ3n) is 2.78. The molecule has 2 aromatic rings. The molecule has 1 aromatic carbocycles. The molecule has 0 aliphatic carbocycles. The van der Waals surface area contributed by atoms with Crippen LogP contribution in [-0.2, 0) is 13.0 Å². The van der Waals surface area contributed by atoms with Crippen molar-refractivity contribution in [3.05, 3.63) is 39.6 Å². The highest BCUT2D eigenvalue weighted by Crippen LogP contribution is 2.33. The van der Waals surface area contributed by atoms with Crippen molar-refractivity contribution >= 4 is 22.9 Å². The van der Waals surface area contributed by atoms with Gasteiger partial charge in [0.1, 0.15) is 5.01 Å². The Bertz CT molecular complexity index is 544. The van der Waals surface area contributed by atoms with E-state index < -0.39 is 0 Å². The van der Waals surface area contributed by atoms with Crippen LogP contribution in [0.2, 0.25) is 5.02 Å². The highest BCUT2D eigenvalue weighted by Gasteiger charge is 2.18. The SMILES string of the molecule is Fc1c(Cl)cccc1-c1nc2c(s1)CNCC2. The average molecular weight is 269 g/mol. The Kier molecular flexibility index (Phi) is 2.86. The third-order valence-corrected chi connectivity index (χ3v) is 4.21. The molecule has 1 aliphatic rings. The maximum Gasteiger partial charge on any atom is 0.152 e. The summed E-state index contributed by atoms with van der Waals surface area (Å²) >= 11 is 7.32. The van der Waals surface area contributed by atoms with E-state index in [9.17, 15) is 4.39 Å². The average Bonchev–Trinajstić information content (AvgIpc) is 2.76. The van der Waals surface area contributed by atoms with Crippen molar-refractivity contribution in [3.63, 3.8) is 0 Å². The summed E-state index contributed by atoms with van der Waals surface area (Å²) in [7, 11) is 0. The molecule has 0 unspecified atom stereocenters. The fourth-order valence-electron chi connectivity index (χ4n) is 1.91. The molecule has 2 nitrogen and oxygen atoms in total. The number of nitrogens with zero attached hydrogens (tertiary/aromatic N) is 1. The van der Waals surface area contributed by atoms with Gasteiger partial charge in [-0.2, -0.15) is 0 Å². The lowest BCUT2D eigenvalue weighted by Gasteiger charge is -2.09. The summed E-state index contributed by atoms with van der Waals surface area (Å²) < 4.78 is 13.9. The summed E-state index contributed by atoms with van der Waals surface area (Å²) in [4.78, 5) is 5.70. The Morgan fingerprint density at radius 2 is 2.29 bits per heavy atom. The maximum atomic E-state index is 13.9. The lowest BCUT2D eigenvalue weighted by molar-refractivity contribution is 0.630. The normalized spacial score (nSPS) is 14.7. The molecule has 0 amide bonds. The van der Waals surface area contributed by atoms with Crippen molar-refractivity contribution in [3.8, 4) is 10.6 Å². The minimum Gasteiger partial charge on any atom is -0.311 e. The second-order valence-electron chi connectivity index (χ2n) is 3.92. The van der Waals surface area contributed by atoms with Crippen molar-refractivity contribution in [1.82, 2.24) is 10.3 Å². The minimum atomic E-state index is -0.381. The molecule has 3 rings (SSSR count). The van der Waals surface area contributed by atoms with E-state index in [0.717, 1.165) is 30.2 Å². The van der Waals surface area contributed by atoms with Gasteiger partial charge in [-0.15, -0.1) is 11.3 Å². The van der Waals surface area contributed by atoms with Gasteiger partial charge in [0.2, 0.25) is 0 Å². The Morgan fingerprint density at radius 1 is 1.41 bits per heavy atom. The van der Waals surface area contributed by atoms with Gasteiger partial charge in [-0.1, -0.05) is 17.7 Å². The quantitative estimate of drug-likeness (QED) is 0.859. The fraction of sp³-hybridized carbons (Fsp3) is 0.250. The first-order valence-corrected chi connectivity index (χ1v) is 6.59. The number of hydrogen-bond donors (Lipinski definition) is 1. The molecule has 1 aromatic heterocycles. The summed E-state index contributed by atoms with van der Waals surface area (Å²) in [5.41, 5.74) is 1.58. The molecular weight excluding hydrogens is 259 g/mol. The van der Waals surface area contributed by atoms with E-state index in [1.165, 1.54) is 16.2 Å². The van der Waals surface area contributed by atoms with Gasteiger partial charge in [-0.05, 0) is 12.1 Å². The van der Waals surface area contributed by atoms with Crippen LogP contribution in [0.1, 0.15) is 10.6 Å². The van der Waals surface area contributed by atoms with Crippen LogP contribution in [-0.4, -0.2) is 11.5 Å². The van der Waals surface area contributed by atoms with Gasteiger partial charge < -0.3 is 5.32 Å². The number of fused-ring (bicyclic) bond motifs is 1. The Morgan fingerprint density at radius 3 is 3.12 bits per heavy atom. The first-order chi connectivity index (χ1) is 8.25. The van der Waals surface area contributed by atoms with Gasteiger partial charge in [0.15, 0.2) is 5.82 Å². The van der Waals surface area contributed by atoms with Crippen LogP contribution < -0.4 is 5.32 Å². The van der Waals surface area contributed by atoms with Gasteiger partial charge in [0.05, 0.1) is 10.7 Å². The molecule has 1 aliphatic heterocycles. The number of thiazole rings is 1. The molecule has 17 heavy (non-hydrogen) atoms. The van der Waals surface area contributed by atoms with E-state index in [2.05, 4.69) is 10.3 Å². The number of aromatic nitrogens is 1. The summed E-state index contributed by atoms with van der Waals surface area (Å²) in [5.74, 6) is -0.381. The number of benzene rings is 1. The molecule has 2 heterocycles. The van der Waals surface area contributed by atoms with Crippen LogP contribution in [0.15, 0.2) is 18.2 Å². The molecule has 0 spiro atoms. The van der Waals surface area contributed by atoms with Gasteiger partial charge in [0, 0.05) is 30.0 Å². The van der Waals surface area contributed by atoms with E-state index >= 15 is 0 Å². The van der Waals surface area contributed by atoms with Crippen LogP contribution in [0.5, 0.6) is 0 Å². The highest BCUT2D eigenvalue weighted by molar-refractivity contribution is 7.15. The molecule has 88 valence electrons. The Hall–Kier alpha value is -0.970. The first-order valence-electron chi connectivity index (χ1n) is 5.39. The summed E-state index contributed by atoms with van der Waals surface area (Å²) in [6, 6.07) is 5.02. The molecule has 0 atom stereocenters. The lowest BCUT2D eigenvalue weighted by atomic mass is 10.2. The lowest BCUT2D eigenvalue weighted by Crippen LogP contribution is -2.22. The smallest absolute Gasteiger partial charge is 0.152 e. The van der Waals surface area contributed by atoms with E-state index in [4.69, 9.17) is 11.6 Å². The summed E-state index contributed by atoms with van der Waals surface area (Å²) in [6.45, 7) is 1.77. The highest BCUT2D eigenvalue weighted by atomic mass is 35.5. The molecule has 5 heteroatoms. The van der Waals surface area contributed by atoms with Gasteiger partial charge in [-0.3, -0.25) is 0 Å². The second-order valence-corrected chi connectivity index (χ2v) is 5.41. The van der Waals surface area contributed by atoms with E-state index in [0.29, 0.717) is 5.56 Å². The van der Waals surface area contributed by atoms with Gasteiger partial charge in [0.25, 0.3) is 0 Å². The summed E-state index contributed by atoms with van der Waals surface area (Å²) in [6.07, 6.45) is 0.911. The predicted molar refractivity (Wildman–Crippen MR) is 67.9 cm³/mol. The van der Waals surface area contributed by atoms with Crippen molar-refractivity contribution in [2.75, 3.05) is 6.54 Å². The van der Waals surface area contributed by atoms with E-state index in [-0.39, 0.29) is 10.8 Å². The van der Waals surface area contributed by atoms with Crippen LogP contribution in [0.4, 0.5) is 4.39 Å². The zero-order valence-electron chi connectivity index (χ0n) is 8.96. The topological polar surface area (TPSA) is 24.9 Å². The zero-order valence-corrected chi connectivity index (χ0v) is 10.5. The van der Waals surface area contributed by atoms with Crippen molar-refractivity contribution in [2.45, 2.75) is 13.0 Å². The Labute approximate surface area is 107 Å². The molecular formula is C12H10ClFN2S. The van der Waals surface area contributed by atoms with Crippen molar-refractivity contribution in [2.24, 2.45) is 0 Å². The number of hydrogen-bond acceptors (Lipinski definition) is 3. The Balaban J connectivity index is 2.09. The third kappa shape index (κ3) is 1.97. The molecule has 0 radical (unpaired) electrons. The van der Waals surface area contributed by atoms with E-state index in [1.807, 2.05) is 0 Å². The number of nitrogens with one attached hydrogen (secondary N) is 1. The van der Waals surface area contributed by atoms with Crippen molar-refractivity contribution < 1.29 is 4.39 Å². The largest absolute Gasteiger partial charge is 0.311 e. The van der Waals surface area contributed by atoms with Crippen molar-refractivity contribution in [1.29, 1.82) is 0 Å². The molecule has 0 saturated heterocycles. The maximum absolute atomic E-state index is 13.9. The summed E-state index contributed by atoms with van der Waals surface area (Å²) in [5, 5.41) is 4.15. The second kappa shape index (κ2) is 4.37.